The van der Waals surface area contributed by atoms with Crippen molar-refractivity contribution in [1.82, 2.24) is 0 Å². The van der Waals surface area contributed by atoms with Gasteiger partial charge in [0, 0.05) is 12.3 Å². The first-order valence-corrected chi connectivity index (χ1v) is 5.68. The molecule has 76 valence electrons. The summed E-state index contributed by atoms with van der Waals surface area (Å²) in [5.41, 5.74) is 1.26. The molecule has 1 aromatic carbocycles. The Labute approximate surface area is 92.4 Å². The van der Waals surface area contributed by atoms with E-state index in [0.717, 1.165) is 18.2 Å². The zero-order valence-corrected chi connectivity index (χ0v) is 9.71. The van der Waals surface area contributed by atoms with E-state index in [1.54, 1.807) is 0 Å². The molecule has 0 aliphatic carbocycles. The molecule has 0 aromatic heterocycles. The minimum absolute atomic E-state index is 0.279. The van der Waals surface area contributed by atoms with Crippen molar-refractivity contribution in [2.45, 2.75) is 19.8 Å². The molecule has 1 aromatic rings. The average Bonchev–Trinajstić information content (AvgIpc) is 2.16. The van der Waals surface area contributed by atoms with Crippen LogP contribution in [0.25, 0.3) is 0 Å². The van der Waals surface area contributed by atoms with Crippen LogP contribution in [0.4, 0.5) is 0 Å². The highest BCUT2D eigenvalue weighted by molar-refractivity contribution is 9.09. The van der Waals surface area contributed by atoms with E-state index in [0.29, 0.717) is 5.75 Å². The highest BCUT2D eigenvalue weighted by Crippen LogP contribution is 2.13. The molecular weight excluding hydrogens is 244 g/mol. The quantitative estimate of drug-likeness (QED) is 0.471. The molecule has 3 heteroatoms. The van der Waals surface area contributed by atoms with E-state index in [2.05, 4.69) is 15.9 Å². The summed E-state index contributed by atoms with van der Waals surface area (Å²) in [6.45, 7) is 1.40. The molecule has 0 radical (unpaired) electrons. The van der Waals surface area contributed by atoms with Gasteiger partial charge in [-0.1, -0.05) is 28.1 Å². The summed E-state index contributed by atoms with van der Waals surface area (Å²) in [5, 5.41) is 1.01. The topological polar surface area (TPSA) is 26.3 Å². The van der Waals surface area contributed by atoms with Crippen molar-refractivity contribution in [1.29, 1.82) is 0 Å². The van der Waals surface area contributed by atoms with E-state index in [9.17, 15) is 4.79 Å². The molecule has 0 unspecified atom stereocenters. The standard InChI is InChI=1S/C11H13BrO2/c1-9(13)14-11-6-4-10(5-7-11)3-2-8-12/h4-7H,2-3,8H2,1H3. The van der Waals surface area contributed by atoms with Gasteiger partial charge in [0.2, 0.25) is 0 Å². The molecule has 0 saturated heterocycles. The van der Waals surface area contributed by atoms with Gasteiger partial charge in [-0.2, -0.15) is 0 Å². The van der Waals surface area contributed by atoms with E-state index >= 15 is 0 Å². The lowest BCUT2D eigenvalue weighted by molar-refractivity contribution is -0.131. The van der Waals surface area contributed by atoms with Crippen molar-refractivity contribution < 1.29 is 9.53 Å². The monoisotopic (exact) mass is 256 g/mol. The van der Waals surface area contributed by atoms with Gasteiger partial charge in [-0.05, 0) is 30.5 Å². The number of carbonyl (C=O) groups excluding carboxylic acids is 1. The van der Waals surface area contributed by atoms with E-state index in [-0.39, 0.29) is 5.97 Å². The van der Waals surface area contributed by atoms with Gasteiger partial charge >= 0.3 is 5.97 Å². The van der Waals surface area contributed by atoms with Crippen molar-refractivity contribution in [3.05, 3.63) is 29.8 Å². The Balaban J connectivity index is 2.54. The number of esters is 1. The van der Waals surface area contributed by atoms with Gasteiger partial charge in [0.05, 0.1) is 0 Å². The molecule has 1 rings (SSSR count). The van der Waals surface area contributed by atoms with Crippen LogP contribution in [0, 0.1) is 0 Å². The van der Waals surface area contributed by atoms with Gasteiger partial charge in [0.15, 0.2) is 0 Å². The van der Waals surface area contributed by atoms with Gasteiger partial charge in [0.1, 0.15) is 5.75 Å². The molecule has 0 amide bonds. The smallest absolute Gasteiger partial charge is 0.308 e. The van der Waals surface area contributed by atoms with Gasteiger partial charge in [-0.15, -0.1) is 0 Å². The predicted molar refractivity (Wildman–Crippen MR) is 59.9 cm³/mol. The van der Waals surface area contributed by atoms with Crippen molar-refractivity contribution in [2.75, 3.05) is 5.33 Å². The maximum Gasteiger partial charge on any atom is 0.308 e. The molecule has 0 atom stereocenters. The van der Waals surface area contributed by atoms with Crippen molar-refractivity contribution >= 4 is 21.9 Å². The maximum atomic E-state index is 10.6. The van der Waals surface area contributed by atoms with E-state index in [1.807, 2.05) is 24.3 Å². The van der Waals surface area contributed by atoms with Crippen LogP contribution >= 0.6 is 15.9 Å². The van der Waals surface area contributed by atoms with Gasteiger partial charge in [0.25, 0.3) is 0 Å². The number of benzene rings is 1. The van der Waals surface area contributed by atoms with Crippen molar-refractivity contribution in [2.24, 2.45) is 0 Å². The number of aryl methyl sites for hydroxylation is 1. The largest absolute Gasteiger partial charge is 0.427 e. The van der Waals surface area contributed by atoms with Crippen LogP contribution in [-0.4, -0.2) is 11.3 Å². The Kier molecular flexibility index (Phi) is 4.66. The lowest BCUT2D eigenvalue weighted by Crippen LogP contribution is -2.01. The fourth-order valence-electron chi connectivity index (χ4n) is 1.16. The number of carbonyl (C=O) groups is 1. The van der Waals surface area contributed by atoms with Crippen LogP contribution in [0.3, 0.4) is 0 Å². The summed E-state index contributed by atoms with van der Waals surface area (Å²) in [6, 6.07) is 7.62. The Bertz CT molecular complexity index is 293. The summed E-state index contributed by atoms with van der Waals surface area (Å²) in [6.07, 6.45) is 2.17. The lowest BCUT2D eigenvalue weighted by Gasteiger charge is -2.02. The maximum absolute atomic E-state index is 10.6. The van der Waals surface area contributed by atoms with E-state index < -0.39 is 0 Å². The molecule has 0 bridgehead atoms. The van der Waals surface area contributed by atoms with Crippen LogP contribution in [0.15, 0.2) is 24.3 Å². The normalized spacial score (nSPS) is 9.86. The molecule has 0 N–H and O–H groups in total. The number of rotatable bonds is 4. The highest BCUT2D eigenvalue weighted by Gasteiger charge is 1.97. The van der Waals surface area contributed by atoms with Crippen LogP contribution in [0.1, 0.15) is 18.9 Å². The van der Waals surface area contributed by atoms with Crippen LogP contribution in [-0.2, 0) is 11.2 Å². The summed E-state index contributed by atoms with van der Waals surface area (Å²) < 4.78 is 4.93. The summed E-state index contributed by atoms with van der Waals surface area (Å²) in [5.74, 6) is 0.332. The van der Waals surface area contributed by atoms with Gasteiger partial charge in [-0.25, -0.2) is 0 Å². The second-order valence-corrected chi connectivity index (χ2v) is 3.82. The molecule has 0 aliphatic rings. The van der Waals surface area contributed by atoms with Crippen LogP contribution in [0.2, 0.25) is 0 Å². The van der Waals surface area contributed by atoms with E-state index in [4.69, 9.17) is 4.74 Å². The number of alkyl halides is 1. The zero-order valence-electron chi connectivity index (χ0n) is 8.13. The third kappa shape index (κ3) is 3.92. The van der Waals surface area contributed by atoms with Crippen LogP contribution in [0.5, 0.6) is 5.75 Å². The Hall–Kier alpha value is -0.830. The SMILES string of the molecule is CC(=O)Oc1ccc(CCCBr)cc1. The van der Waals surface area contributed by atoms with Crippen molar-refractivity contribution in [3.8, 4) is 5.75 Å². The van der Waals surface area contributed by atoms with E-state index in [1.165, 1.54) is 12.5 Å². The van der Waals surface area contributed by atoms with Crippen molar-refractivity contribution in [3.63, 3.8) is 0 Å². The number of hydrogen-bond donors (Lipinski definition) is 0. The summed E-state index contributed by atoms with van der Waals surface area (Å²) in [7, 11) is 0. The van der Waals surface area contributed by atoms with Gasteiger partial charge in [-0.3, -0.25) is 4.79 Å². The lowest BCUT2D eigenvalue weighted by atomic mass is 10.1. The molecule has 0 spiro atoms. The second-order valence-electron chi connectivity index (χ2n) is 3.03. The summed E-state index contributed by atoms with van der Waals surface area (Å²) >= 11 is 3.38. The predicted octanol–water partition coefficient (Wildman–Crippen LogP) is 2.94. The molecule has 0 fully saturated rings. The summed E-state index contributed by atoms with van der Waals surface area (Å²) in [4.78, 5) is 10.6. The molecule has 0 heterocycles. The average molecular weight is 257 g/mol. The molecule has 0 saturated carbocycles. The molecular formula is C11H13BrO2. The minimum Gasteiger partial charge on any atom is -0.427 e. The molecule has 14 heavy (non-hydrogen) atoms. The van der Waals surface area contributed by atoms with Crippen LogP contribution < -0.4 is 4.74 Å². The number of hydrogen-bond acceptors (Lipinski definition) is 2. The highest BCUT2D eigenvalue weighted by atomic mass is 79.9. The fourth-order valence-corrected chi connectivity index (χ4v) is 1.44. The minimum atomic E-state index is -0.279. The zero-order chi connectivity index (χ0) is 10.4. The Morgan fingerprint density at radius 1 is 1.36 bits per heavy atom. The first-order chi connectivity index (χ1) is 6.72. The van der Waals surface area contributed by atoms with Gasteiger partial charge < -0.3 is 4.74 Å². The second kappa shape index (κ2) is 5.81. The number of ether oxygens (including phenoxy) is 1. The Morgan fingerprint density at radius 3 is 2.50 bits per heavy atom. The first-order valence-electron chi connectivity index (χ1n) is 4.55. The third-order valence-corrected chi connectivity index (χ3v) is 2.34. The Morgan fingerprint density at radius 2 is 2.00 bits per heavy atom. The third-order valence-electron chi connectivity index (χ3n) is 1.78. The number of halogens is 1. The first kappa shape index (κ1) is 11.2. The fraction of sp³-hybridized carbons (Fsp3) is 0.364. The molecule has 2 nitrogen and oxygen atoms in total. The molecule has 0 aliphatic heterocycles.